The van der Waals surface area contributed by atoms with Crippen molar-refractivity contribution in [2.45, 2.75) is 19.4 Å². The van der Waals surface area contributed by atoms with Gasteiger partial charge in [0, 0.05) is 12.6 Å². The molecular formula is C11H19N3O2S. The minimum Gasteiger partial charge on any atom is -0.492 e. The van der Waals surface area contributed by atoms with Gasteiger partial charge in [-0.2, -0.15) is 16.9 Å². The Balaban J connectivity index is 2.50. The summed E-state index contributed by atoms with van der Waals surface area (Å²) in [4.78, 5) is 11.7. The molecule has 1 aromatic rings. The van der Waals surface area contributed by atoms with E-state index in [0.29, 0.717) is 25.4 Å². The van der Waals surface area contributed by atoms with Crippen LogP contribution in [0.2, 0.25) is 0 Å². The number of thioether (sulfide) groups is 1. The zero-order valence-electron chi connectivity index (χ0n) is 10.1. The second kappa shape index (κ2) is 8.14. The van der Waals surface area contributed by atoms with Crippen molar-refractivity contribution in [3.63, 3.8) is 0 Å². The molecule has 0 aromatic carbocycles. The van der Waals surface area contributed by atoms with Gasteiger partial charge in [0.15, 0.2) is 0 Å². The minimum absolute atomic E-state index is 0.114. The molecule has 0 fully saturated rings. The van der Waals surface area contributed by atoms with Crippen molar-refractivity contribution in [3.05, 3.63) is 22.6 Å². The van der Waals surface area contributed by atoms with Gasteiger partial charge in [-0.3, -0.25) is 4.79 Å². The summed E-state index contributed by atoms with van der Waals surface area (Å²) in [5.41, 5.74) is 5.24. The monoisotopic (exact) mass is 257 g/mol. The van der Waals surface area contributed by atoms with Crippen LogP contribution in [0.1, 0.15) is 12.8 Å². The van der Waals surface area contributed by atoms with Gasteiger partial charge in [-0.1, -0.05) is 0 Å². The first-order valence-electron chi connectivity index (χ1n) is 5.67. The smallest absolute Gasteiger partial charge is 0.270 e. The predicted molar refractivity (Wildman–Crippen MR) is 70.7 cm³/mol. The van der Waals surface area contributed by atoms with E-state index in [0.717, 1.165) is 18.6 Å². The molecule has 0 aliphatic carbocycles. The summed E-state index contributed by atoms with van der Waals surface area (Å²) in [6, 6.07) is 1.47. The zero-order valence-corrected chi connectivity index (χ0v) is 10.9. The van der Waals surface area contributed by atoms with Crippen LogP contribution in [0.3, 0.4) is 0 Å². The van der Waals surface area contributed by atoms with E-state index in [1.807, 2.05) is 6.26 Å². The highest BCUT2D eigenvalue weighted by Gasteiger charge is 2.00. The molecular weight excluding hydrogens is 238 g/mol. The summed E-state index contributed by atoms with van der Waals surface area (Å²) in [6.07, 6.45) is 5.35. The standard InChI is InChI=1S/C11H19N3O2S/c1-17-7-3-5-14-11(15)8-10(9-13-14)16-6-2-4-12/h8-9H,2-7,12H2,1H3. The Morgan fingerprint density at radius 2 is 2.35 bits per heavy atom. The molecule has 17 heavy (non-hydrogen) atoms. The third kappa shape index (κ3) is 5.23. The lowest BCUT2D eigenvalue weighted by molar-refractivity contribution is 0.309. The molecule has 1 aromatic heterocycles. The molecule has 0 atom stereocenters. The van der Waals surface area contributed by atoms with E-state index in [1.165, 1.54) is 10.7 Å². The van der Waals surface area contributed by atoms with Crippen LogP contribution >= 0.6 is 11.8 Å². The van der Waals surface area contributed by atoms with Crippen molar-refractivity contribution >= 4 is 11.8 Å². The topological polar surface area (TPSA) is 70.1 Å². The van der Waals surface area contributed by atoms with Gasteiger partial charge in [-0.15, -0.1) is 0 Å². The van der Waals surface area contributed by atoms with Crippen molar-refractivity contribution in [2.75, 3.05) is 25.2 Å². The van der Waals surface area contributed by atoms with Gasteiger partial charge in [0.2, 0.25) is 0 Å². The van der Waals surface area contributed by atoms with Crippen molar-refractivity contribution in [3.8, 4) is 5.75 Å². The Bertz CT molecular complexity index is 381. The van der Waals surface area contributed by atoms with Gasteiger partial charge < -0.3 is 10.5 Å². The fourth-order valence-corrected chi connectivity index (χ4v) is 1.71. The summed E-state index contributed by atoms with van der Waals surface area (Å²) >= 11 is 1.76. The van der Waals surface area contributed by atoms with Crippen LogP contribution in [-0.4, -0.2) is 34.9 Å². The number of rotatable bonds is 8. The van der Waals surface area contributed by atoms with Crippen LogP contribution in [0.15, 0.2) is 17.1 Å². The van der Waals surface area contributed by atoms with E-state index in [2.05, 4.69) is 5.10 Å². The van der Waals surface area contributed by atoms with Gasteiger partial charge in [-0.05, 0) is 31.4 Å². The van der Waals surface area contributed by atoms with Crippen LogP contribution in [0.4, 0.5) is 0 Å². The molecule has 0 radical (unpaired) electrons. The SMILES string of the molecule is CSCCCn1ncc(OCCCN)cc1=O. The predicted octanol–water partition coefficient (Wildman–Crippen LogP) is 0.724. The summed E-state index contributed by atoms with van der Waals surface area (Å²) in [5.74, 6) is 1.55. The van der Waals surface area contributed by atoms with E-state index in [-0.39, 0.29) is 5.56 Å². The molecule has 0 spiro atoms. The van der Waals surface area contributed by atoms with Crippen molar-refractivity contribution in [1.82, 2.24) is 9.78 Å². The maximum absolute atomic E-state index is 11.7. The molecule has 6 heteroatoms. The molecule has 2 N–H and O–H groups in total. The molecule has 0 aliphatic heterocycles. The highest BCUT2D eigenvalue weighted by molar-refractivity contribution is 7.98. The number of ether oxygens (including phenoxy) is 1. The second-order valence-electron chi connectivity index (χ2n) is 3.59. The number of aryl methyl sites for hydroxylation is 1. The number of nitrogens with two attached hydrogens (primary N) is 1. The summed E-state index contributed by atoms with van der Waals surface area (Å²) in [5, 5.41) is 4.07. The number of nitrogens with zero attached hydrogens (tertiary/aromatic N) is 2. The highest BCUT2D eigenvalue weighted by atomic mass is 32.2. The molecule has 1 heterocycles. The van der Waals surface area contributed by atoms with Gasteiger partial charge >= 0.3 is 0 Å². The molecule has 0 unspecified atom stereocenters. The lowest BCUT2D eigenvalue weighted by atomic mass is 10.4. The molecule has 0 saturated heterocycles. The normalized spacial score (nSPS) is 10.5. The first-order chi connectivity index (χ1) is 8.27. The fourth-order valence-electron chi connectivity index (χ4n) is 1.30. The summed E-state index contributed by atoms with van der Waals surface area (Å²) in [7, 11) is 0. The Morgan fingerprint density at radius 1 is 1.53 bits per heavy atom. The van der Waals surface area contributed by atoms with Crippen LogP contribution in [0.5, 0.6) is 5.75 Å². The summed E-state index contributed by atoms with van der Waals surface area (Å²) in [6.45, 7) is 1.76. The van der Waals surface area contributed by atoms with Gasteiger partial charge in [0.1, 0.15) is 5.75 Å². The largest absolute Gasteiger partial charge is 0.492 e. The summed E-state index contributed by atoms with van der Waals surface area (Å²) < 4.78 is 6.81. The maximum Gasteiger partial charge on any atom is 0.270 e. The number of hydrogen-bond acceptors (Lipinski definition) is 5. The van der Waals surface area contributed by atoms with Gasteiger partial charge in [0.05, 0.1) is 12.8 Å². The Kier molecular flexibility index (Phi) is 6.73. The highest BCUT2D eigenvalue weighted by Crippen LogP contribution is 2.04. The van der Waals surface area contributed by atoms with Crippen molar-refractivity contribution in [2.24, 2.45) is 5.73 Å². The third-order valence-corrected chi connectivity index (χ3v) is 2.88. The Hall–Kier alpha value is -1.01. The lowest BCUT2D eigenvalue weighted by Gasteiger charge is -2.06. The molecule has 0 amide bonds. The zero-order chi connectivity index (χ0) is 12.5. The average molecular weight is 257 g/mol. The quantitative estimate of drug-likeness (QED) is 0.695. The van der Waals surface area contributed by atoms with Crippen LogP contribution in [0, 0.1) is 0 Å². The van der Waals surface area contributed by atoms with E-state index in [9.17, 15) is 4.79 Å². The number of aromatic nitrogens is 2. The molecule has 0 aliphatic rings. The molecule has 96 valence electrons. The minimum atomic E-state index is -0.114. The van der Waals surface area contributed by atoms with E-state index in [4.69, 9.17) is 10.5 Å². The van der Waals surface area contributed by atoms with Crippen LogP contribution in [-0.2, 0) is 6.54 Å². The third-order valence-electron chi connectivity index (χ3n) is 2.18. The van der Waals surface area contributed by atoms with Crippen molar-refractivity contribution in [1.29, 1.82) is 0 Å². The second-order valence-corrected chi connectivity index (χ2v) is 4.58. The maximum atomic E-state index is 11.7. The van der Waals surface area contributed by atoms with Crippen LogP contribution < -0.4 is 16.0 Å². The van der Waals surface area contributed by atoms with E-state index >= 15 is 0 Å². The van der Waals surface area contributed by atoms with Crippen LogP contribution in [0.25, 0.3) is 0 Å². The molecule has 1 rings (SSSR count). The Labute approximate surface area is 105 Å². The van der Waals surface area contributed by atoms with E-state index in [1.54, 1.807) is 18.0 Å². The molecule has 0 bridgehead atoms. The van der Waals surface area contributed by atoms with E-state index < -0.39 is 0 Å². The molecule has 0 saturated carbocycles. The first kappa shape index (κ1) is 14.1. The molecule has 5 nitrogen and oxygen atoms in total. The lowest BCUT2D eigenvalue weighted by Crippen LogP contribution is -2.22. The first-order valence-corrected chi connectivity index (χ1v) is 7.06. The average Bonchev–Trinajstić information content (AvgIpc) is 2.32. The van der Waals surface area contributed by atoms with Crippen molar-refractivity contribution < 1.29 is 4.74 Å². The Morgan fingerprint density at radius 3 is 3.00 bits per heavy atom. The van der Waals surface area contributed by atoms with Gasteiger partial charge in [0.25, 0.3) is 5.56 Å². The van der Waals surface area contributed by atoms with Gasteiger partial charge in [-0.25, -0.2) is 4.68 Å². The fraction of sp³-hybridized carbons (Fsp3) is 0.636. The number of hydrogen-bond donors (Lipinski definition) is 1.